The highest BCUT2D eigenvalue weighted by Gasteiger charge is 2.41. The van der Waals surface area contributed by atoms with Crippen LogP contribution in [0.3, 0.4) is 0 Å². The van der Waals surface area contributed by atoms with Crippen molar-refractivity contribution in [2.24, 2.45) is 0 Å². The average molecular weight is 342 g/mol. The van der Waals surface area contributed by atoms with Gasteiger partial charge in [0, 0.05) is 25.3 Å². The van der Waals surface area contributed by atoms with E-state index in [1.165, 1.54) is 6.26 Å². The molecular weight excluding hydrogens is 320 g/mol. The molecule has 1 spiro atoms. The Labute approximate surface area is 146 Å². The van der Waals surface area contributed by atoms with Gasteiger partial charge in [0.25, 0.3) is 5.91 Å². The van der Waals surface area contributed by atoms with Crippen molar-refractivity contribution in [1.29, 1.82) is 0 Å². The van der Waals surface area contributed by atoms with Gasteiger partial charge in [-0.25, -0.2) is 4.98 Å². The molecule has 6 heteroatoms. The van der Waals surface area contributed by atoms with Crippen molar-refractivity contribution in [3.63, 3.8) is 0 Å². The van der Waals surface area contributed by atoms with Crippen LogP contribution in [0, 0.1) is 0 Å². The Kier molecular flexibility index (Phi) is 4.55. The Bertz CT molecular complexity index is 722. The molecule has 0 saturated carbocycles. The van der Waals surface area contributed by atoms with Crippen molar-refractivity contribution in [1.82, 2.24) is 10.3 Å². The zero-order valence-electron chi connectivity index (χ0n) is 14.1. The van der Waals surface area contributed by atoms with Gasteiger partial charge in [-0.05, 0) is 37.8 Å². The predicted molar refractivity (Wildman–Crippen MR) is 91.2 cm³/mol. The van der Waals surface area contributed by atoms with E-state index in [9.17, 15) is 4.79 Å². The highest BCUT2D eigenvalue weighted by Crippen LogP contribution is 2.38. The third-order valence-corrected chi connectivity index (χ3v) is 4.99. The number of nitrogens with zero attached hydrogens (tertiary/aromatic N) is 1. The summed E-state index contributed by atoms with van der Waals surface area (Å²) in [5, 5.41) is 2.91. The van der Waals surface area contributed by atoms with E-state index in [0.29, 0.717) is 12.4 Å². The number of aromatic nitrogens is 1. The van der Waals surface area contributed by atoms with Gasteiger partial charge in [0.15, 0.2) is 5.69 Å². The SMILES string of the molecule is O=C(NCC1CCC2(CCOCC2)O1)c1coc(-c2ccccc2)n1. The molecular formula is C19H22N2O4. The van der Waals surface area contributed by atoms with E-state index in [0.717, 1.165) is 44.5 Å². The monoisotopic (exact) mass is 342 g/mol. The predicted octanol–water partition coefficient (Wildman–Crippen LogP) is 2.80. The van der Waals surface area contributed by atoms with Gasteiger partial charge in [0.05, 0.1) is 11.7 Å². The Morgan fingerprint density at radius 1 is 1.20 bits per heavy atom. The average Bonchev–Trinajstić information content (AvgIpc) is 3.29. The number of hydrogen-bond acceptors (Lipinski definition) is 5. The second kappa shape index (κ2) is 6.98. The molecule has 1 N–H and O–H groups in total. The van der Waals surface area contributed by atoms with Crippen molar-refractivity contribution in [2.75, 3.05) is 19.8 Å². The summed E-state index contributed by atoms with van der Waals surface area (Å²) in [7, 11) is 0. The second-order valence-electron chi connectivity index (χ2n) is 6.69. The lowest BCUT2D eigenvalue weighted by molar-refractivity contribution is -0.102. The van der Waals surface area contributed by atoms with Crippen molar-refractivity contribution in [3.05, 3.63) is 42.3 Å². The lowest BCUT2D eigenvalue weighted by Gasteiger charge is -2.33. The fraction of sp³-hybridized carbons (Fsp3) is 0.474. The summed E-state index contributed by atoms with van der Waals surface area (Å²) in [5.41, 5.74) is 1.10. The second-order valence-corrected chi connectivity index (χ2v) is 6.69. The van der Waals surface area contributed by atoms with Crippen LogP contribution in [0.2, 0.25) is 0 Å². The number of amides is 1. The van der Waals surface area contributed by atoms with Gasteiger partial charge in [-0.2, -0.15) is 0 Å². The first kappa shape index (κ1) is 16.3. The van der Waals surface area contributed by atoms with Crippen LogP contribution < -0.4 is 5.32 Å². The summed E-state index contributed by atoms with van der Waals surface area (Å²) in [4.78, 5) is 16.6. The first-order valence-electron chi connectivity index (χ1n) is 8.79. The Morgan fingerprint density at radius 3 is 2.80 bits per heavy atom. The Balaban J connectivity index is 1.32. The largest absolute Gasteiger partial charge is 0.444 e. The smallest absolute Gasteiger partial charge is 0.273 e. The van der Waals surface area contributed by atoms with Gasteiger partial charge < -0.3 is 19.2 Å². The molecule has 4 rings (SSSR count). The molecule has 2 aliphatic rings. The summed E-state index contributed by atoms with van der Waals surface area (Å²) in [5.74, 6) is 0.214. The van der Waals surface area contributed by atoms with Gasteiger partial charge in [-0.3, -0.25) is 4.79 Å². The van der Waals surface area contributed by atoms with E-state index in [1.54, 1.807) is 0 Å². The minimum absolute atomic E-state index is 0.0397. The van der Waals surface area contributed by atoms with Crippen molar-refractivity contribution in [3.8, 4) is 11.5 Å². The molecule has 1 atom stereocenters. The molecule has 132 valence electrons. The molecule has 2 aromatic rings. The van der Waals surface area contributed by atoms with Crippen LogP contribution in [0.5, 0.6) is 0 Å². The van der Waals surface area contributed by atoms with Crippen molar-refractivity contribution < 1.29 is 18.7 Å². The van der Waals surface area contributed by atoms with Crippen LogP contribution in [0.1, 0.15) is 36.2 Å². The quantitative estimate of drug-likeness (QED) is 0.925. The number of oxazole rings is 1. The summed E-state index contributed by atoms with van der Waals surface area (Å²) in [6.07, 6.45) is 5.35. The first-order valence-corrected chi connectivity index (χ1v) is 8.79. The number of benzene rings is 1. The maximum atomic E-state index is 12.3. The normalized spacial score (nSPS) is 22.2. The summed E-state index contributed by atoms with van der Waals surface area (Å²) < 4.78 is 17.0. The van der Waals surface area contributed by atoms with Crippen LogP contribution in [-0.2, 0) is 9.47 Å². The maximum absolute atomic E-state index is 12.3. The lowest BCUT2D eigenvalue weighted by Crippen LogP contribution is -2.39. The van der Waals surface area contributed by atoms with Gasteiger partial charge >= 0.3 is 0 Å². The molecule has 1 unspecified atom stereocenters. The zero-order valence-corrected chi connectivity index (χ0v) is 14.1. The van der Waals surface area contributed by atoms with Crippen LogP contribution in [0.4, 0.5) is 0 Å². The van der Waals surface area contributed by atoms with Gasteiger partial charge in [0.1, 0.15) is 6.26 Å². The highest BCUT2D eigenvalue weighted by atomic mass is 16.5. The molecule has 2 aliphatic heterocycles. The molecule has 2 saturated heterocycles. The van der Waals surface area contributed by atoms with E-state index >= 15 is 0 Å². The molecule has 1 amide bonds. The topological polar surface area (TPSA) is 73.6 Å². The molecule has 25 heavy (non-hydrogen) atoms. The van der Waals surface area contributed by atoms with E-state index in [1.807, 2.05) is 30.3 Å². The Hall–Kier alpha value is -2.18. The van der Waals surface area contributed by atoms with Crippen LogP contribution in [-0.4, -0.2) is 42.4 Å². The number of nitrogens with one attached hydrogen (secondary N) is 1. The molecule has 0 radical (unpaired) electrons. The molecule has 2 fully saturated rings. The summed E-state index contributed by atoms with van der Waals surface area (Å²) in [6, 6.07) is 9.53. The summed E-state index contributed by atoms with van der Waals surface area (Å²) >= 11 is 0. The lowest BCUT2D eigenvalue weighted by atomic mass is 9.91. The molecule has 1 aromatic carbocycles. The fourth-order valence-corrected chi connectivity index (χ4v) is 3.54. The molecule has 3 heterocycles. The Morgan fingerprint density at radius 2 is 2.00 bits per heavy atom. The van der Waals surface area contributed by atoms with Crippen molar-refractivity contribution >= 4 is 5.91 Å². The number of rotatable bonds is 4. The standard InChI is InChI=1S/C19H22N2O4/c22-17(16-13-24-18(21-16)14-4-2-1-3-5-14)20-12-15-6-7-19(25-15)8-10-23-11-9-19/h1-5,13,15H,6-12H2,(H,20,22). The zero-order chi connectivity index (χ0) is 17.1. The van der Waals surface area contributed by atoms with Crippen LogP contribution in [0.25, 0.3) is 11.5 Å². The van der Waals surface area contributed by atoms with Gasteiger partial charge in [-0.1, -0.05) is 18.2 Å². The maximum Gasteiger partial charge on any atom is 0.273 e. The highest BCUT2D eigenvalue weighted by molar-refractivity contribution is 5.92. The third-order valence-electron chi connectivity index (χ3n) is 4.99. The van der Waals surface area contributed by atoms with E-state index < -0.39 is 0 Å². The van der Waals surface area contributed by atoms with E-state index in [4.69, 9.17) is 13.9 Å². The molecule has 0 bridgehead atoms. The fourth-order valence-electron chi connectivity index (χ4n) is 3.54. The summed E-state index contributed by atoms with van der Waals surface area (Å²) in [6.45, 7) is 2.02. The van der Waals surface area contributed by atoms with Crippen LogP contribution in [0.15, 0.2) is 41.0 Å². The third kappa shape index (κ3) is 3.60. The van der Waals surface area contributed by atoms with Gasteiger partial charge in [0.2, 0.25) is 5.89 Å². The number of carbonyl (C=O) groups is 1. The van der Waals surface area contributed by atoms with Crippen LogP contribution >= 0.6 is 0 Å². The number of carbonyl (C=O) groups excluding carboxylic acids is 1. The molecule has 1 aromatic heterocycles. The minimum atomic E-state index is -0.234. The minimum Gasteiger partial charge on any atom is -0.444 e. The van der Waals surface area contributed by atoms with Gasteiger partial charge in [-0.15, -0.1) is 0 Å². The first-order chi connectivity index (χ1) is 12.2. The molecule has 6 nitrogen and oxygen atoms in total. The van der Waals surface area contributed by atoms with E-state index in [2.05, 4.69) is 10.3 Å². The van der Waals surface area contributed by atoms with E-state index in [-0.39, 0.29) is 23.3 Å². The number of ether oxygens (including phenoxy) is 2. The molecule has 0 aliphatic carbocycles. The number of hydrogen-bond donors (Lipinski definition) is 1. The van der Waals surface area contributed by atoms with Crippen molar-refractivity contribution in [2.45, 2.75) is 37.4 Å².